The van der Waals surface area contributed by atoms with Crippen LogP contribution >= 0.6 is 0 Å². The van der Waals surface area contributed by atoms with Gasteiger partial charge in [0.2, 0.25) is 0 Å². The summed E-state index contributed by atoms with van der Waals surface area (Å²) >= 11 is 0. The minimum absolute atomic E-state index is 0.686. The lowest BCUT2D eigenvalue weighted by Gasteiger charge is -2.43. The van der Waals surface area contributed by atoms with Gasteiger partial charge in [-0.2, -0.15) is 0 Å². The van der Waals surface area contributed by atoms with E-state index in [1.807, 2.05) is 0 Å². The van der Waals surface area contributed by atoms with E-state index >= 15 is 0 Å². The van der Waals surface area contributed by atoms with Crippen LogP contribution in [0.4, 0.5) is 0 Å². The van der Waals surface area contributed by atoms with Crippen molar-refractivity contribution in [2.75, 3.05) is 6.61 Å². The van der Waals surface area contributed by atoms with Gasteiger partial charge in [-0.05, 0) is 0 Å². The van der Waals surface area contributed by atoms with Crippen molar-refractivity contribution in [3.63, 3.8) is 0 Å². The molecule has 84 valence electrons. The Morgan fingerprint density at radius 2 is 1.79 bits per heavy atom. The monoisotopic (exact) mass is 211 g/mol. The number of rotatable bonds is 2. The summed E-state index contributed by atoms with van der Waals surface area (Å²) in [7, 11) is 0. The Balaban J connectivity index is 2.84. The van der Waals surface area contributed by atoms with Crippen LogP contribution in [0, 0.1) is 0 Å². The first-order chi connectivity index (χ1) is 6.46. The van der Waals surface area contributed by atoms with Crippen LogP contribution in [0.1, 0.15) is 0 Å². The maximum atomic E-state index is 9.32. The zero-order chi connectivity index (χ0) is 10.9. The summed E-state index contributed by atoms with van der Waals surface area (Å²) in [6.07, 6.45) is -6.54. The van der Waals surface area contributed by atoms with Gasteiger partial charge in [-0.1, -0.05) is 0 Å². The number of hydroxylamine groups is 1. The molecular weight excluding hydrogens is 198 g/mol. The molecule has 0 aromatic heterocycles. The average molecular weight is 211 g/mol. The molecule has 0 spiro atoms. The predicted octanol–water partition coefficient (Wildman–Crippen LogP) is -3.91. The van der Waals surface area contributed by atoms with Gasteiger partial charge >= 0.3 is 0 Å². The van der Waals surface area contributed by atoms with E-state index in [4.69, 9.17) is 10.3 Å². The maximum Gasteiger partial charge on any atom is 0.277 e. The molecule has 1 heterocycles. The largest absolute Gasteiger partial charge is 0.394 e. The van der Waals surface area contributed by atoms with E-state index in [2.05, 4.69) is 4.74 Å². The molecule has 1 rings (SSSR count). The maximum absolute atomic E-state index is 9.32. The number of aliphatic hydroxyl groups is 5. The quantitative estimate of drug-likeness (QED) is 0.181. The highest BCUT2D eigenvalue weighted by molar-refractivity contribution is 4.93. The van der Waals surface area contributed by atoms with Crippen molar-refractivity contribution in [3.8, 4) is 0 Å². The molecule has 0 amide bonds. The van der Waals surface area contributed by atoms with Gasteiger partial charge in [0.05, 0.1) is 6.61 Å². The Morgan fingerprint density at radius 1 is 1.21 bits per heavy atom. The fourth-order valence-electron chi connectivity index (χ4n) is 1.25. The van der Waals surface area contributed by atoms with Crippen molar-refractivity contribution in [1.29, 1.82) is 0 Å². The summed E-state index contributed by atoms with van der Waals surface area (Å²) in [5.74, 6) is -2.61. The number of hydrogen-bond donors (Lipinski definition) is 7. The summed E-state index contributed by atoms with van der Waals surface area (Å²) in [4.78, 5) is 0. The number of ether oxygens (including phenoxy) is 1. The molecule has 0 radical (unpaired) electrons. The standard InChI is InChI=1S/C6H13NO7/c8-1-2-3(9)4(10)5(11)6(12,7-13)14-2/h2-5,7-13H,1H2/t2-,3-,4+,5+,6+/m1/s1. The molecule has 0 aromatic rings. The summed E-state index contributed by atoms with van der Waals surface area (Å²) in [5.41, 5.74) is 1.25. The van der Waals surface area contributed by atoms with E-state index in [1.54, 1.807) is 0 Å². The Kier molecular flexibility index (Phi) is 3.40. The van der Waals surface area contributed by atoms with Crippen molar-refractivity contribution in [3.05, 3.63) is 0 Å². The molecule has 1 aliphatic rings. The Bertz CT molecular complexity index is 201. The minimum Gasteiger partial charge on any atom is -0.394 e. The van der Waals surface area contributed by atoms with E-state index in [9.17, 15) is 20.4 Å². The highest BCUT2D eigenvalue weighted by Gasteiger charge is 2.52. The molecule has 7 N–H and O–H groups in total. The molecule has 0 aromatic carbocycles. The van der Waals surface area contributed by atoms with Gasteiger partial charge in [-0.25, -0.2) is 0 Å². The SMILES string of the molecule is OC[C@H]1O[C@](O)(NO)[C@@H](O)[C@@H](O)[C@@H]1O. The Labute approximate surface area is 78.9 Å². The fraction of sp³-hybridized carbons (Fsp3) is 1.00. The highest BCUT2D eigenvalue weighted by Crippen LogP contribution is 2.25. The van der Waals surface area contributed by atoms with Gasteiger partial charge in [0, 0.05) is 0 Å². The summed E-state index contributed by atoms with van der Waals surface area (Å²) in [6.45, 7) is -0.686. The molecule has 14 heavy (non-hydrogen) atoms. The molecular formula is C6H13NO7. The van der Waals surface area contributed by atoms with Gasteiger partial charge in [0.25, 0.3) is 5.91 Å². The van der Waals surface area contributed by atoms with Gasteiger partial charge in [0.15, 0.2) is 6.10 Å². The van der Waals surface area contributed by atoms with E-state index < -0.39 is 36.9 Å². The van der Waals surface area contributed by atoms with Crippen molar-refractivity contribution >= 4 is 0 Å². The van der Waals surface area contributed by atoms with Gasteiger partial charge < -0.3 is 35.5 Å². The van der Waals surface area contributed by atoms with Crippen LogP contribution in [-0.4, -0.2) is 67.7 Å². The molecule has 8 heteroatoms. The zero-order valence-corrected chi connectivity index (χ0v) is 7.11. The van der Waals surface area contributed by atoms with Crippen LogP contribution in [0.3, 0.4) is 0 Å². The van der Waals surface area contributed by atoms with E-state index in [-0.39, 0.29) is 0 Å². The Hall–Kier alpha value is -0.320. The predicted molar refractivity (Wildman–Crippen MR) is 39.9 cm³/mol. The number of nitrogens with one attached hydrogen (secondary N) is 1. The second-order valence-electron chi connectivity index (χ2n) is 3.07. The topological polar surface area (TPSA) is 143 Å². The molecule has 1 saturated heterocycles. The molecule has 0 unspecified atom stereocenters. The lowest BCUT2D eigenvalue weighted by atomic mass is 9.97. The van der Waals surface area contributed by atoms with Crippen LogP contribution in [0.5, 0.6) is 0 Å². The van der Waals surface area contributed by atoms with Crippen molar-refractivity contribution < 1.29 is 35.5 Å². The average Bonchev–Trinajstić information content (AvgIpc) is 2.20. The van der Waals surface area contributed by atoms with Gasteiger partial charge in [0.1, 0.15) is 18.3 Å². The fourth-order valence-corrected chi connectivity index (χ4v) is 1.25. The first-order valence-corrected chi connectivity index (χ1v) is 3.92. The minimum atomic E-state index is -2.61. The van der Waals surface area contributed by atoms with Crippen LogP contribution in [0.2, 0.25) is 0 Å². The molecule has 0 saturated carbocycles. The molecule has 1 fully saturated rings. The number of aliphatic hydroxyl groups excluding tert-OH is 4. The normalized spacial score (nSPS) is 49.3. The van der Waals surface area contributed by atoms with Crippen molar-refractivity contribution in [1.82, 2.24) is 5.48 Å². The summed E-state index contributed by atoms with van der Waals surface area (Å²) in [6, 6.07) is 0. The number of hydrogen-bond acceptors (Lipinski definition) is 8. The first-order valence-electron chi connectivity index (χ1n) is 3.92. The Morgan fingerprint density at radius 3 is 2.21 bits per heavy atom. The van der Waals surface area contributed by atoms with E-state index in [1.165, 1.54) is 5.48 Å². The molecule has 0 aliphatic carbocycles. The first kappa shape index (κ1) is 11.8. The van der Waals surface area contributed by atoms with Crippen molar-refractivity contribution in [2.45, 2.75) is 30.3 Å². The van der Waals surface area contributed by atoms with Crippen LogP contribution in [0.25, 0.3) is 0 Å². The van der Waals surface area contributed by atoms with Crippen molar-refractivity contribution in [2.24, 2.45) is 0 Å². The van der Waals surface area contributed by atoms with Crippen LogP contribution < -0.4 is 5.48 Å². The third-order valence-electron chi connectivity index (χ3n) is 2.13. The van der Waals surface area contributed by atoms with Crippen LogP contribution in [0.15, 0.2) is 0 Å². The molecule has 1 aliphatic heterocycles. The van der Waals surface area contributed by atoms with Crippen LogP contribution in [-0.2, 0) is 4.74 Å². The lowest BCUT2D eigenvalue weighted by Crippen LogP contribution is -2.70. The summed E-state index contributed by atoms with van der Waals surface area (Å²) < 4.78 is 4.55. The second-order valence-corrected chi connectivity index (χ2v) is 3.07. The van der Waals surface area contributed by atoms with E-state index in [0.717, 1.165) is 0 Å². The molecule has 5 atom stereocenters. The summed E-state index contributed by atoms with van der Waals surface area (Å²) in [5, 5.41) is 54.1. The van der Waals surface area contributed by atoms with E-state index in [0.29, 0.717) is 0 Å². The highest BCUT2D eigenvalue weighted by atomic mass is 16.7. The van der Waals surface area contributed by atoms with Gasteiger partial charge in [-0.3, -0.25) is 0 Å². The molecule has 0 bridgehead atoms. The smallest absolute Gasteiger partial charge is 0.277 e. The molecule has 8 nitrogen and oxygen atoms in total. The zero-order valence-electron chi connectivity index (χ0n) is 7.11. The third-order valence-corrected chi connectivity index (χ3v) is 2.13. The third kappa shape index (κ3) is 1.74. The van der Waals surface area contributed by atoms with Gasteiger partial charge in [-0.15, -0.1) is 5.48 Å². The second kappa shape index (κ2) is 4.04. The lowest BCUT2D eigenvalue weighted by molar-refractivity contribution is -0.385.